The zero-order valence-corrected chi connectivity index (χ0v) is 10.5. The molecule has 0 N–H and O–H groups in total. The van der Waals surface area contributed by atoms with Crippen molar-refractivity contribution in [2.24, 2.45) is 0 Å². The molecule has 5 heteroatoms. The van der Waals surface area contributed by atoms with E-state index in [-0.39, 0.29) is 0 Å². The minimum absolute atomic E-state index is 0.530. The normalized spacial score (nSPS) is 13.4. The Balaban J connectivity index is 2.94. The van der Waals surface area contributed by atoms with Gasteiger partial charge in [-0.25, -0.2) is 0 Å². The van der Waals surface area contributed by atoms with Crippen LogP contribution in [0.2, 0.25) is 0 Å². The zero-order chi connectivity index (χ0) is 12.2. The van der Waals surface area contributed by atoms with Crippen molar-refractivity contribution in [3.05, 3.63) is 29.8 Å². The Morgan fingerprint density at radius 3 is 2.50 bits per heavy atom. The van der Waals surface area contributed by atoms with Gasteiger partial charge in [-0.05, 0) is 19.9 Å². The smallest absolute Gasteiger partial charge is 0.264 e. The van der Waals surface area contributed by atoms with Crippen LogP contribution in [-0.2, 0) is 14.3 Å². The van der Waals surface area contributed by atoms with E-state index >= 15 is 0 Å². The van der Waals surface area contributed by atoms with E-state index < -0.39 is 16.2 Å². The van der Waals surface area contributed by atoms with Gasteiger partial charge in [-0.2, -0.15) is 8.42 Å². The molecule has 16 heavy (non-hydrogen) atoms. The second-order valence-electron chi connectivity index (χ2n) is 3.41. The third-order valence-electron chi connectivity index (χ3n) is 1.98. The molecule has 0 saturated carbocycles. The molecule has 0 aliphatic heterocycles. The highest BCUT2D eigenvalue weighted by atomic mass is 32.2. The van der Waals surface area contributed by atoms with Crippen molar-refractivity contribution < 1.29 is 17.3 Å². The Kier molecular flexibility index (Phi) is 4.32. The molecule has 0 heterocycles. The van der Waals surface area contributed by atoms with Crippen molar-refractivity contribution in [1.29, 1.82) is 0 Å². The van der Waals surface area contributed by atoms with Gasteiger partial charge in [0, 0.05) is 5.56 Å². The molecule has 4 nitrogen and oxygen atoms in total. The highest BCUT2D eigenvalue weighted by Gasteiger charge is 2.16. The average Bonchev–Trinajstić information content (AvgIpc) is 2.16. The van der Waals surface area contributed by atoms with E-state index in [1.54, 1.807) is 19.1 Å². The highest BCUT2D eigenvalue weighted by Crippen LogP contribution is 2.28. The van der Waals surface area contributed by atoms with E-state index in [0.717, 1.165) is 11.8 Å². The van der Waals surface area contributed by atoms with Crippen LogP contribution in [0.4, 0.5) is 0 Å². The first-order chi connectivity index (χ1) is 7.44. The average molecular weight is 244 g/mol. The van der Waals surface area contributed by atoms with Crippen molar-refractivity contribution in [3.8, 4) is 5.75 Å². The Hall–Kier alpha value is -1.07. The van der Waals surface area contributed by atoms with E-state index in [4.69, 9.17) is 8.92 Å². The standard InChI is InChI=1S/C11H16O4S/c1-4-14-11-8-6-5-7-10(11)9(2)15-16(3,12)13/h5-9H,4H2,1-3H3. The van der Waals surface area contributed by atoms with E-state index in [2.05, 4.69) is 0 Å². The largest absolute Gasteiger partial charge is 0.493 e. The van der Waals surface area contributed by atoms with Gasteiger partial charge in [0.2, 0.25) is 0 Å². The zero-order valence-electron chi connectivity index (χ0n) is 9.64. The van der Waals surface area contributed by atoms with E-state index in [1.807, 2.05) is 19.1 Å². The molecule has 0 aliphatic rings. The minimum Gasteiger partial charge on any atom is -0.493 e. The Bertz CT molecular complexity index is 439. The van der Waals surface area contributed by atoms with E-state index in [0.29, 0.717) is 12.4 Å². The van der Waals surface area contributed by atoms with Crippen LogP contribution in [-0.4, -0.2) is 21.3 Å². The Morgan fingerprint density at radius 2 is 1.94 bits per heavy atom. The van der Waals surface area contributed by atoms with Crippen LogP contribution < -0.4 is 4.74 Å². The summed E-state index contributed by atoms with van der Waals surface area (Å²) < 4.78 is 32.3. The summed E-state index contributed by atoms with van der Waals surface area (Å²) in [5, 5.41) is 0. The predicted molar refractivity (Wildman–Crippen MR) is 62.0 cm³/mol. The van der Waals surface area contributed by atoms with Crippen molar-refractivity contribution in [2.75, 3.05) is 12.9 Å². The quantitative estimate of drug-likeness (QED) is 0.744. The van der Waals surface area contributed by atoms with Crippen LogP contribution >= 0.6 is 0 Å². The van der Waals surface area contributed by atoms with Gasteiger partial charge in [0.05, 0.1) is 12.9 Å². The fourth-order valence-corrected chi connectivity index (χ4v) is 2.05. The summed E-state index contributed by atoms with van der Waals surface area (Å²) in [4.78, 5) is 0. The Morgan fingerprint density at radius 1 is 1.31 bits per heavy atom. The molecule has 0 aliphatic carbocycles. The van der Waals surface area contributed by atoms with Crippen molar-refractivity contribution in [2.45, 2.75) is 20.0 Å². The van der Waals surface area contributed by atoms with Crippen LogP contribution in [0, 0.1) is 0 Å². The molecule has 1 atom stereocenters. The number of hydrogen-bond donors (Lipinski definition) is 0. The number of para-hydroxylation sites is 1. The molecule has 1 rings (SSSR count). The molecule has 90 valence electrons. The summed E-state index contributed by atoms with van der Waals surface area (Å²) in [6.45, 7) is 4.08. The van der Waals surface area contributed by atoms with Crippen molar-refractivity contribution in [1.82, 2.24) is 0 Å². The van der Waals surface area contributed by atoms with E-state index in [1.165, 1.54) is 0 Å². The lowest BCUT2D eigenvalue weighted by Gasteiger charge is -2.15. The van der Waals surface area contributed by atoms with Crippen LogP contribution in [0.15, 0.2) is 24.3 Å². The maximum atomic E-state index is 11.0. The molecule has 1 aromatic rings. The first-order valence-corrected chi connectivity index (χ1v) is 6.85. The van der Waals surface area contributed by atoms with Gasteiger partial charge in [-0.1, -0.05) is 18.2 Å². The van der Waals surface area contributed by atoms with Crippen LogP contribution in [0.25, 0.3) is 0 Å². The van der Waals surface area contributed by atoms with Crippen molar-refractivity contribution in [3.63, 3.8) is 0 Å². The van der Waals surface area contributed by atoms with Crippen LogP contribution in [0.5, 0.6) is 5.75 Å². The first-order valence-electron chi connectivity index (χ1n) is 5.04. The van der Waals surface area contributed by atoms with Gasteiger partial charge in [-0.15, -0.1) is 0 Å². The third-order valence-corrected chi connectivity index (χ3v) is 2.61. The molecule has 0 fully saturated rings. The second-order valence-corrected chi connectivity index (χ2v) is 5.01. The fourth-order valence-electron chi connectivity index (χ4n) is 1.42. The summed E-state index contributed by atoms with van der Waals surface area (Å²) in [6.07, 6.45) is 0.491. The molecule has 1 aromatic carbocycles. The van der Waals surface area contributed by atoms with Gasteiger partial charge in [0.1, 0.15) is 11.9 Å². The van der Waals surface area contributed by atoms with Crippen molar-refractivity contribution >= 4 is 10.1 Å². The van der Waals surface area contributed by atoms with Gasteiger partial charge in [0.25, 0.3) is 10.1 Å². The monoisotopic (exact) mass is 244 g/mol. The lowest BCUT2D eigenvalue weighted by molar-refractivity contribution is 0.227. The lowest BCUT2D eigenvalue weighted by Crippen LogP contribution is -2.09. The Labute approximate surface area is 96.3 Å². The maximum Gasteiger partial charge on any atom is 0.264 e. The molecular formula is C11H16O4S. The summed E-state index contributed by atoms with van der Waals surface area (Å²) >= 11 is 0. The van der Waals surface area contributed by atoms with Crippen LogP contribution in [0.3, 0.4) is 0 Å². The summed E-state index contributed by atoms with van der Waals surface area (Å²) in [5.74, 6) is 0.654. The molecule has 0 spiro atoms. The molecule has 0 saturated heterocycles. The highest BCUT2D eigenvalue weighted by molar-refractivity contribution is 7.86. The number of ether oxygens (including phenoxy) is 1. The third kappa shape index (κ3) is 3.83. The fraction of sp³-hybridized carbons (Fsp3) is 0.455. The number of benzene rings is 1. The molecule has 1 unspecified atom stereocenters. The number of hydrogen-bond acceptors (Lipinski definition) is 4. The van der Waals surface area contributed by atoms with Gasteiger partial charge in [0.15, 0.2) is 0 Å². The van der Waals surface area contributed by atoms with Crippen LogP contribution in [0.1, 0.15) is 25.5 Å². The minimum atomic E-state index is -3.46. The molecule has 0 aromatic heterocycles. The number of rotatable bonds is 5. The summed E-state index contributed by atoms with van der Waals surface area (Å²) in [5.41, 5.74) is 0.731. The lowest BCUT2D eigenvalue weighted by atomic mass is 10.1. The molecule has 0 bridgehead atoms. The molecular weight excluding hydrogens is 228 g/mol. The molecule has 0 radical (unpaired) electrons. The van der Waals surface area contributed by atoms with Gasteiger partial charge < -0.3 is 4.74 Å². The molecule has 0 amide bonds. The topological polar surface area (TPSA) is 52.6 Å². The predicted octanol–water partition coefficient (Wildman–Crippen LogP) is 2.12. The van der Waals surface area contributed by atoms with Gasteiger partial charge in [-0.3, -0.25) is 4.18 Å². The first kappa shape index (κ1) is 13.0. The summed E-state index contributed by atoms with van der Waals surface area (Å²) in [6, 6.07) is 7.24. The summed E-state index contributed by atoms with van der Waals surface area (Å²) in [7, 11) is -3.46. The SMILES string of the molecule is CCOc1ccccc1C(C)OS(C)(=O)=O. The maximum absolute atomic E-state index is 11.0. The van der Waals surface area contributed by atoms with E-state index in [9.17, 15) is 8.42 Å². The second kappa shape index (κ2) is 5.32. The van der Waals surface area contributed by atoms with Gasteiger partial charge >= 0.3 is 0 Å².